The standard InChI is InChI=1S/C33H33N3O5S/c1-8-16-35-21(6)24(23-12-10-11-13-25(23)35)18-28-31(37)36-30(22-14-15-26(41-19(3)4)27(17-22)39-7)29(32(38)40-9-2)20(5)34-33(36)42-28/h1,10-15,17-19,30H,9,16H2,2-7H3/b28-18+/t30-/m0/s1. The number of para-hydroxylation sites is 1. The Morgan fingerprint density at radius 2 is 1.95 bits per heavy atom. The van der Waals surface area contributed by atoms with E-state index in [1.54, 1.807) is 37.7 Å². The van der Waals surface area contributed by atoms with E-state index in [1.165, 1.54) is 11.3 Å². The summed E-state index contributed by atoms with van der Waals surface area (Å²) in [6, 6.07) is 12.7. The third kappa shape index (κ3) is 5.03. The van der Waals surface area contributed by atoms with Gasteiger partial charge in [0.05, 0.1) is 48.2 Å². The molecule has 0 amide bonds. The van der Waals surface area contributed by atoms with Crippen molar-refractivity contribution in [3.63, 3.8) is 0 Å². The molecule has 0 N–H and O–H groups in total. The maximum atomic E-state index is 14.2. The topological polar surface area (TPSA) is 84.0 Å². The van der Waals surface area contributed by atoms with Crippen LogP contribution in [0.2, 0.25) is 0 Å². The van der Waals surface area contributed by atoms with Crippen LogP contribution in [0.5, 0.6) is 11.5 Å². The second kappa shape index (κ2) is 11.7. The van der Waals surface area contributed by atoms with Gasteiger partial charge in [0.2, 0.25) is 0 Å². The number of hydrogen-bond donors (Lipinski definition) is 0. The zero-order chi connectivity index (χ0) is 30.1. The summed E-state index contributed by atoms with van der Waals surface area (Å²) in [6.45, 7) is 9.99. The van der Waals surface area contributed by atoms with Gasteiger partial charge in [-0.05, 0) is 64.5 Å². The van der Waals surface area contributed by atoms with Gasteiger partial charge in [0, 0.05) is 22.2 Å². The van der Waals surface area contributed by atoms with Gasteiger partial charge in [-0.15, -0.1) is 6.42 Å². The largest absolute Gasteiger partial charge is 0.493 e. The summed E-state index contributed by atoms with van der Waals surface area (Å²) in [6.07, 6.45) is 7.50. The molecule has 0 spiro atoms. The number of ether oxygens (including phenoxy) is 3. The Labute approximate surface area is 248 Å². The lowest BCUT2D eigenvalue weighted by Gasteiger charge is -2.25. The van der Waals surface area contributed by atoms with Gasteiger partial charge in [0.15, 0.2) is 16.3 Å². The monoisotopic (exact) mass is 583 g/mol. The number of methoxy groups -OCH3 is 1. The van der Waals surface area contributed by atoms with E-state index < -0.39 is 12.0 Å². The van der Waals surface area contributed by atoms with Gasteiger partial charge in [-0.3, -0.25) is 9.36 Å². The average Bonchev–Trinajstić information content (AvgIpc) is 3.41. The van der Waals surface area contributed by atoms with Crippen LogP contribution in [0.1, 0.15) is 50.6 Å². The highest BCUT2D eigenvalue weighted by Gasteiger charge is 2.34. The van der Waals surface area contributed by atoms with Gasteiger partial charge in [0.25, 0.3) is 5.56 Å². The first-order valence-electron chi connectivity index (χ1n) is 13.8. The third-order valence-electron chi connectivity index (χ3n) is 7.19. The molecule has 2 aromatic heterocycles. The van der Waals surface area contributed by atoms with E-state index in [0.717, 1.165) is 22.2 Å². The second-order valence-electron chi connectivity index (χ2n) is 10.2. The quantitative estimate of drug-likeness (QED) is 0.226. The Balaban J connectivity index is 1.75. The zero-order valence-electron chi connectivity index (χ0n) is 24.6. The van der Waals surface area contributed by atoms with Crippen molar-refractivity contribution in [2.24, 2.45) is 4.99 Å². The highest BCUT2D eigenvalue weighted by Crippen LogP contribution is 2.36. The van der Waals surface area contributed by atoms with E-state index in [1.807, 2.05) is 57.2 Å². The van der Waals surface area contributed by atoms with Crippen LogP contribution in [0.25, 0.3) is 17.0 Å². The van der Waals surface area contributed by atoms with E-state index >= 15 is 0 Å². The summed E-state index contributed by atoms with van der Waals surface area (Å²) in [5, 5.41) is 1.00. The number of terminal acetylenes is 1. The number of thiazole rings is 1. The normalized spacial score (nSPS) is 15.0. The van der Waals surface area contributed by atoms with Crippen molar-refractivity contribution in [2.45, 2.75) is 53.3 Å². The van der Waals surface area contributed by atoms with Gasteiger partial charge in [-0.2, -0.15) is 0 Å². The lowest BCUT2D eigenvalue weighted by molar-refractivity contribution is -0.139. The molecule has 0 fully saturated rings. The Kier molecular flexibility index (Phi) is 8.10. The molecule has 8 nitrogen and oxygen atoms in total. The van der Waals surface area contributed by atoms with E-state index in [2.05, 4.69) is 10.5 Å². The number of carbonyl (C=O) groups is 1. The van der Waals surface area contributed by atoms with Crippen LogP contribution < -0.4 is 24.4 Å². The first-order chi connectivity index (χ1) is 20.2. The molecule has 1 aliphatic heterocycles. The molecule has 0 saturated heterocycles. The van der Waals surface area contributed by atoms with Gasteiger partial charge < -0.3 is 18.8 Å². The minimum absolute atomic E-state index is 0.0605. The molecular formula is C33H33N3O5S. The van der Waals surface area contributed by atoms with Crippen LogP contribution in [-0.2, 0) is 16.1 Å². The van der Waals surface area contributed by atoms with Crippen LogP contribution in [0.4, 0.5) is 0 Å². The van der Waals surface area contributed by atoms with Gasteiger partial charge >= 0.3 is 5.97 Å². The highest BCUT2D eigenvalue weighted by molar-refractivity contribution is 7.07. The SMILES string of the molecule is C#CCn1c(C)c(/C=c2/sc3n(c2=O)[C@@H](c2ccc(OC(C)C)c(OC)c2)C(C(=O)OCC)=C(C)N=3)c2ccccc21. The fourth-order valence-corrected chi connectivity index (χ4v) is 6.41. The minimum atomic E-state index is -0.770. The smallest absolute Gasteiger partial charge is 0.338 e. The first kappa shape index (κ1) is 29.0. The zero-order valence-corrected chi connectivity index (χ0v) is 25.4. The van der Waals surface area contributed by atoms with Crippen molar-refractivity contribution in [1.82, 2.24) is 9.13 Å². The Hall–Kier alpha value is -4.55. The first-order valence-corrected chi connectivity index (χ1v) is 14.6. The van der Waals surface area contributed by atoms with Crippen molar-refractivity contribution >= 4 is 34.3 Å². The lowest BCUT2D eigenvalue weighted by Crippen LogP contribution is -2.40. The number of allylic oxidation sites excluding steroid dienone is 1. The van der Waals surface area contributed by atoms with Crippen LogP contribution >= 0.6 is 11.3 Å². The number of carbonyl (C=O) groups excluding carboxylic acids is 1. The molecule has 1 atom stereocenters. The molecule has 1 aliphatic rings. The van der Waals surface area contributed by atoms with E-state index in [4.69, 9.17) is 25.6 Å². The van der Waals surface area contributed by atoms with Crippen molar-refractivity contribution in [1.29, 1.82) is 0 Å². The molecule has 0 unspecified atom stereocenters. The number of hydrogen-bond acceptors (Lipinski definition) is 7. The molecule has 216 valence electrons. The van der Waals surface area contributed by atoms with Crippen LogP contribution in [0.3, 0.4) is 0 Å². The summed E-state index contributed by atoms with van der Waals surface area (Å²) < 4.78 is 21.1. The molecule has 9 heteroatoms. The maximum absolute atomic E-state index is 14.2. The van der Waals surface area contributed by atoms with Gasteiger partial charge in [0.1, 0.15) is 0 Å². The molecule has 0 aliphatic carbocycles. The Bertz CT molecular complexity index is 1950. The number of fused-ring (bicyclic) bond motifs is 2. The van der Waals surface area contributed by atoms with Crippen LogP contribution in [-0.4, -0.2) is 34.9 Å². The summed E-state index contributed by atoms with van der Waals surface area (Å²) in [5.41, 5.74) is 4.10. The highest BCUT2D eigenvalue weighted by atomic mass is 32.1. The number of esters is 1. The van der Waals surface area contributed by atoms with Crippen molar-refractivity contribution in [3.8, 4) is 23.8 Å². The fraction of sp³-hybridized carbons (Fsp3) is 0.303. The van der Waals surface area contributed by atoms with E-state index in [0.29, 0.717) is 44.2 Å². The van der Waals surface area contributed by atoms with E-state index in [9.17, 15) is 9.59 Å². The molecule has 0 bridgehead atoms. The Morgan fingerprint density at radius 1 is 1.19 bits per heavy atom. The molecule has 4 aromatic rings. The second-order valence-corrected chi connectivity index (χ2v) is 11.2. The molecule has 0 radical (unpaired) electrons. The minimum Gasteiger partial charge on any atom is -0.493 e. The van der Waals surface area contributed by atoms with Gasteiger partial charge in [-0.25, -0.2) is 9.79 Å². The summed E-state index contributed by atoms with van der Waals surface area (Å²) in [7, 11) is 1.56. The summed E-state index contributed by atoms with van der Waals surface area (Å²) in [5.74, 6) is 3.27. The number of aromatic nitrogens is 2. The summed E-state index contributed by atoms with van der Waals surface area (Å²) in [4.78, 5) is 32.7. The average molecular weight is 584 g/mol. The molecule has 42 heavy (non-hydrogen) atoms. The fourth-order valence-electron chi connectivity index (χ4n) is 5.38. The Morgan fingerprint density at radius 3 is 2.64 bits per heavy atom. The predicted molar refractivity (Wildman–Crippen MR) is 165 cm³/mol. The molecule has 0 saturated carbocycles. The van der Waals surface area contributed by atoms with Crippen LogP contribution in [0.15, 0.2) is 63.5 Å². The van der Waals surface area contributed by atoms with Crippen molar-refractivity contribution in [2.75, 3.05) is 13.7 Å². The molecule has 3 heterocycles. The summed E-state index contributed by atoms with van der Waals surface area (Å²) >= 11 is 1.28. The molecule has 2 aromatic carbocycles. The predicted octanol–water partition coefficient (Wildman–Crippen LogP) is 4.49. The number of rotatable bonds is 8. The maximum Gasteiger partial charge on any atom is 0.338 e. The third-order valence-corrected chi connectivity index (χ3v) is 8.17. The van der Waals surface area contributed by atoms with Crippen molar-refractivity contribution < 1.29 is 19.0 Å². The molecule has 5 rings (SSSR count). The van der Waals surface area contributed by atoms with Crippen LogP contribution in [0, 0.1) is 19.3 Å². The molecular weight excluding hydrogens is 550 g/mol. The van der Waals surface area contributed by atoms with E-state index in [-0.39, 0.29) is 18.3 Å². The van der Waals surface area contributed by atoms with Gasteiger partial charge in [-0.1, -0.05) is 41.5 Å². The number of nitrogens with zero attached hydrogens (tertiary/aromatic N) is 3. The van der Waals surface area contributed by atoms with Crippen molar-refractivity contribution in [3.05, 3.63) is 90.2 Å². The lowest BCUT2D eigenvalue weighted by atomic mass is 9.95. The number of benzene rings is 2.